The Hall–Kier alpha value is -2.62. The van der Waals surface area contributed by atoms with E-state index in [4.69, 9.17) is 9.97 Å². The van der Waals surface area contributed by atoms with E-state index in [0.717, 1.165) is 43.9 Å². The Balaban J connectivity index is 0.00000135. The van der Waals surface area contributed by atoms with Crippen molar-refractivity contribution in [2.24, 2.45) is 0 Å². The summed E-state index contributed by atoms with van der Waals surface area (Å²) in [6.07, 6.45) is 3.59. The molecule has 0 unspecified atom stereocenters. The van der Waals surface area contributed by atoms with Gasteiger partial charge in [0.05, 0.1) is 16.6 Å². The second kappa shape index (κ2) is 5.23. The molecule has 23 heavy (non-hydrogen) atoms. The largest absolute Gasteiger partial charge is 0.255 e. The first-order valence-electron chi connectivity index (χ1n) is 7.10. The number of hydrogen-bond donors (Lipinski definition) is 0. The Morgan fingerprint density at radius 2 is 1.09 bits per heavy atom. The van der Waals surface area contributed by atoms with Crippen molar-refractivity contribution in [3.8, 4) is 0 Å². The summed E-state index contributed by atoms with van der Waals surface area (Å²) < 4.78 is 0. The summed E-state index contributed by atoms with van der Waals surface area (Å²) in [6.45, 7) is 0. The molecule has 2 aromatic carbocycles. The molecule has 5 rings (SSSR count). The zero-order valence-corrected chi connectivity index (χ0v) is 12.8. The van der Waals surface area contributed by atoms with Crippen LogP contribution in [-0.2, 0) is 17.1 Å². The van der Waals surface area contributed by atoms with Crippen LogP contribution in [0.1, 0.15) is 0 Å². The van der Waals surface area contributed by atoms with Gasteiger partial charge in [-0.2, -0.15) is 0 Å². The number of rotatable bonds is 0. The van der Waals surface area contributed by atoms with E-state index >= 15 is 0 Å². The van der Waals surface area contributed by atoms with Crippen LogP contribution in [-0.4, -0.2) is 19.9 Å². The van der Waals surface area contributed by atoms with E-state index in [-0.39, 0.29) is 17.1 Å². The molecule has 0 aliphatic rings. The SMILES string of the molecule is [Cu].c1ccc2nc3c4ncccc4c4ncccc4c3nc2c1. The van der Waals surface area contributed by atoms with Crippen LogP contribution in [0.3, 0.4) is 0 Å². The van der Waals surface area contributed by atoms with E-state index in [1.807, 2.05) is 48.5 Å². The average Bonchev–Trinajstić information content (AvgIpc) is 2.61. The van der Waals surface area contributed by atoms with Crippen molar-refractivity contribution in [3.63, 3.8) is 0 Å². The first-order chi connectivity index (χ1) is 10.9. The minimum absolute atomic E-state index is 0. The van der Waals surface area contributed by atoms with Crippen molar-refractivity contribution in [2.45, 2.75) is 0 Å². The van der Waals surface area contributed by atoms with E-state index in [1.165, 1.54) is 0 Å². The molecule has 0 N–H and O–H groups in total. The molecule has 5 heteroatoms. The van der Waals surface area contributed by atoms with Gasteiger partial charge in [0.25, 0.3) is 0 Å². The predicted molar refractivity (Wildman–Crippen MR) is 87.6 cm³/mol. The zero-order chi connectivity index (χ0) is 14.5. The van der Waals surface area contributed by atoms with Gasteiger partial charge in [-0.3, -0.25) is 9.97 Å². The van der Waals surface area contributed by atoms with Gasteiger partial charge in [-0.15, -0.1) is 0 Å². The van der Waals surface area contributed by atoms with E-state index < -0.39 is 0 Å². The number of benzene rings is 2. The number of pyridine rings is 2. The summed E-state index contributed by atoms with van der Waals surface area (Å²) in [5.41, 5.74) is 5.22. The van der Waals surface area contributed by atoms with E-state index in [1.54, 1.807) is 12.4 Å². The van der Waals surface area contributed by atoms with Crippen molar-refractivity contribution in [1.82, 2.24) is 19.9 Å². The Kier molecular flexibility index (Phi) is 3.18. The number of aromatic nitrogens is 4. The Bertz CT molecular complexity index is 1090. The molecule has 0 atom stereocenters. The molecule has 0 spiro atoms. The normalized spacial score (nSPS) is 11.1. The van der Waals surface area contributed by atoms with Crippen molar-refractivity contribution in [2.75, 3.05) is 0 Å². The van der Waals surface area contributed by atoms with Crippen LogP contribution < -0.4 is 0 Å². The standard InChI is InChI=1S/C18H10N4.Cu/c1-2-8-14-13(7-1)21-17-12-6-4-9-19-15(12)11-5-3-10-20-16(11)18(17)22-14;/h1-10H;. The third-order valence-corrected chi connectivity index (χ3v) is 3.92. The molecule has 3 heterocycles. The molecule has 3 aromatic heterocycles. The minimum atomic E-state index is 0. The quantitative estimate of drug-likeness (QED) is 0.243. The number of nitrogens with zero attached hydrogens (tertiary/aromatic N) is 4. The molecule has 4 nitrogen and oxygen atoms in total. The van der Waals surface area contributed by atoms with Crippen LogP contribution in [0.4, 0.5) is 0 Å². The minimum Gasteiger partial charge on any atom is -0.255 e. The third-order valence-electron chi connectivity index (χ3n) is 3.92. The van der Waals surface area contributed by atoms with Gasteiger partial charge < -0.3 is 0 Å². The number of hydrogen-bond acceptors (Lipinski definition) is 4. The van der Waals surface area contributed by atoms with Crippen molar-refractivity contribution in [3.05, 3.63) is 60.9 Å². The van der Waals surface area contributed by atoms with Crippen molar-refractivity contribution >= 4 is 43.9 Å². The van der Waals surface area contributed by atoms with Crippen LogP contribution >= 0.6 is 0 Å². The van der Waals surface area contributed by atoms with Crippen LogP contribution in [0.25, 0.3) is 43.9 Å². The van der Waals surface area contributed by atoms with Gasteiger partial charge in [0, 0.05) is 40.2 Å². The summed E-state index contributed by atoms with van der Waals surface area (Å²) >= 11 is 0. The van der Waals surface area contributed by atoms with Gasteiger partial charge in [0.1, 0.15) is 16.6 Å². The molecular weight excluding hydrogens is 336 g/mol. The van der Waals surface area contributed by atoms with Crippen molar-refractivity contribution < 1.29 is 17.1 Å². The summed E-state index contributed by atoms with van der Waals surface area (Å²) in [7, 11) is 0. The maximum absolute atomic E-state index is 4.81. The molecule has 0 saturated carbocycles. The fraction of sp³-hybridized carbons (Fsp3) is 0. The van der Waals surface area contributed by atoms with E-state index in [2.05, 4.69) is 9.97 Å². The van der Waals surface area contributed by atoms with E-state index in [9.17, 15) is 0 Å². The Morgan fingerprint density at radius 1 is 0.522 bits per heavy atom. The topological polar surface area (TPSA) is 51.6 Å². The van der Waals surface area contributed by atoms with Gasteiger partial charge in [-0.05, 0) is 36.4 Å². The van der Waals surface area contributed by atoms with Gasteiger partial charge in [0.15, 0.2) is 0 Å². The predicted octanol–water partition coefficient (Wildman–Crippen LogP) is 3.88. The van der Waals surface area contributed by atoms with Crippen LogP contribution in [0, 0.1) is 0 Å². The summed E-state index contributed by atoms with van der Waals surface area (Å²) in [6, 6.07) is 15.8. The fourth-order valence-corrected chi connectivity index (χ4v) is 2.95. The number of fused-ring (bicyclic) bond motifs is 7. The smallest absolute Gasteiger partial charge is 0.116 e. The molecule has 0 saturated heterocycles. The van der Waals surface area contributed by atoms with Crippen LogP contribution in [0.5, 0.6) is 0 Å². The second-order valence-corrected chi connectivity index (χ2v) is 5.21. The molecule has 0 fully saturated rings. The summed E-state index contributed by atoms with van der Waals surface area (Å²) in [4.78, 5) is 18.7. The molecule has 1 radical (unpaired) electrons. The molecular formula is C18H10CuN4. The molecule has 0 amide bonds. The van der Waals surface area contributed by atoms with Gasteiger partial charge in [0.2, 0.25) is 0 Å². The maximum Gasteiger partial charge on any atom is 0.116 e. The van der Waals surface area contributed by atoms with Crippen LogP contribution in [0.15, 0.2) is 60.9 Å². The maximum atomic E-state index is 4.81. The molecule has 5 aromatic rings. The van der Waals surface area contributed by atoms with Crippen LogP contribution in [0.2, 0.25) is 0 Å². The fourth-order valence-electron chi connectivity index (χ4n) is 2.95. The zero-order valence-electron chi connectivity index (χ0n) is 11.9. The number of para-hydroxylation sites is 2. The Labute approximate surface area is 142 Å². The monoisotopic (exact) mass is 345 g/mol. The summed E-state index contributed by atoms with van der Waals surface area (Å²) in [5.74, 6) is 0. The Morgan fingerprint density at radius 3 is 1.78 bits per heavy atom. The molecule has 113 valence electrons. The first-order valence-corrected chi connectivity index (χ1v) is 7.10. The third kappa shape index (κ3) is 1.98. The molecule has 0 bridgehead atoms. The molecule has 0 aliphatic heterocycles. The molecule has 0 aliphatic carbocycles. The average molecular weight is 346 g/mol. The first kappa shape index (κ1) is 14.0. The van der Waals surface area contributed by atoms with Crippen molar-refractivity contribution in [1.29, 1.82) is 0 Å². The second-order valence-electron chi connectivity index (χ2n) is 5.21. The summed E-state index contributed by atoms with van der Waals surface area (Å²) in [5, 5.41) is 2.02. The van der Waals surface area contributed by atoms with Gasteiger partial charge >= 0.3 is 0 Å². The van der Waals surface area contributed by atoms with E-state index in [0.29, 0.717) is 0 Å². The van der Waals surface area contributed by atoms with Gasteiger partial charge in [-0.1, -0.05) is 12.1 Å². The van der Waals surface area contributed by atoms with Gasteiger partial charge in [-0.25, -0.2) is 9.97 Å².